The summed E-state index contributed by atoms with van der Waals surface area (Å²) in [5.41, 5.74) is 0.986. The van der Waals surface area contributed by atoms with Crippen molar-refractivity contribution in [2.75, 3.05) is 0 Å². The molecular weight excluding hydrogens is 416 g/mol. The molecule has 0 amide bonds. The van der Waals surface area contributed by atoms with Gasteiger partial charge in [0.05, 0.1) is 0 Å². The van der Waals surface area contributed by atoms with Crippen LogP contribution in [0.4, 0.5) is 17.6 Å². The fourth-order valence-corrected chi connectivity index (χ4v) is 6.16. The van der Waals surface area contributed by atoms with Gasteiger partial charge in [-0.25, -0.2) is 4.39 Å². The number of ether oxygens (including phenoxy) is 1. The van der Waals surface area contributed by atoms with Gasteiger partial charge in [-0.2, -0.15) is 0 Å². The number of benzene rings is 2. The van der Waals surface area contributed by atoms with Crippen molar-refractivity contribution in [3.8, 4) is 5.75 Å². The number of alkyl halides is 3. The first-order valence-electron chi connectivity index (χ1n) is 12.3. The van der Waals surface area contributed by atoms with E-state index in [1.54, 1.807) is 0 Å². The third-order valence-electron chi connectivity index (χ3n) is 7.79. The monoisotopic (exact) mass is 450 g/mol. The smallest absolute Gasteiger partial charge is 0.406 e. The number of fused-ring (bicyclic) bond motifs is 2. The molecule has 4 unspecified atom stereocenters. The maximum atomic E-state index is 14.8. The molecule has 0 aliphatic heterocycles. The minimum atomic E-state index is -4.78. The number of hydrogen-bond acceptors (Lipinski definition) is 1. The molecule has 2 saturated carbocycles. The summed E-state index contributed by atoms with van der Waals surface area (Å²) in [4.78, 5) is 0. The van der Waals surface area contributed by atoms with Crippen LogP contribution in [-0.4, -0.2) is 6.36 Å². The molecule has 0 bridgehead atoms. The van der Waals surface area contributed by atoms with Crippen LogP contribution in [0.1, 0.15) is 89.0 Å². The van der Waals surface area contributed by atoms with E-state index in [1.165, 1.54) is 76.0 Å². The zero-order chi connectivity index (χ0) is 22.7. The number of hydrogen-bond donors (Lipinski definition) is 0. The lowest BCUT2D eigenvalue weighted by Crippen LogP contribution is -2.30. The zero-order valence-electron chi connectivity index (χ0n) is 18.9. The lowest BCUT2D eigenvalue weighted by atomic mass is 9.63. The highest BCUT2D eigenvalue weighted by molar-refractivity contribution is 5.85. The van der Waals surface area contributed by atoms with Crippen LogP contribution in [0, 0.1) is 23.6 Å². The molecule has 0 radical (unpaired) electrons. The number of rotatable bonds is 7. The predicted molar refractivity (Wildman–Crippen MR) is 120 cm³/mol. The van der Waals surface area contributed by atoms with Crippen LogP contribution in [0.15, 0.2) is 30.3 Å². The van der Waals surface area contributed by atoms with Gasteiger partial charge in [0.15, 0.2) is 0 Å². The second-order valence-electron chi connectivity index (χ2n) is 9.99. The summed E-state index contributed by atoms with van der Waals surface area (Å²) in [6.45, 7) is 2.25. The standard InChI is InChI=1S/C27H34F4O/c1-2-3-4-5-6-18-7-8-20-14-21(10-9-19(20)13-18)23-15-22-11-12-24(32-27(29,30)31)17-25(22)26(28)16-23/h11-12,15-21H,2-10,13-14H2,1H3. The summed E-state index contributed by atoms with van der Waals surface area (Å²) in [6.07, 6.45) is 9.31. The summed E-state index contributed by atoms with van der Waals surface area (Å²) >= 11 is 0. The Morgan fingerprint density at radius 2 is 1.69 bits per heavy atom. The second-order valence-corrected chi connectivity index (χ2v) is 9.99. The van der Waals surface area contributed by atoms with Gasteiger partial charge < -0.3 is 4.74 Å². The summed E-state index contributed by atoms with van der Waals surface area (Å²) in [5, 5.41) is 0.806. The van der Waals surface area contributed by atoms with E-state index < -0.39 is 12.2 Å². The first-order valence-corrected chi connectivity index (χ1v) is 12.3. The molecule has 2 aliphatic rings. The van der Waals surface area contributed by atoms with E-state index >= 15 is 0 Å². The van der Waals surface area contributed by atoms with Crippen molar-refractivity contribution < 1.29 is 22.3 Å². The van der Waals surface area contributed by atoms with Gasteiger partial charge in [0.25, 0.3) is 0 Å². The topological polar surface area (TPSA) is 9.23 Å². The molecule has 176 valence electrons. The van der Waals surface area contributed by atoms with Crippen molar-refractivity contribution in [3.63, 3.8) is 0 Å². The lowest BCUT2D eigenvalue weighted by molar-refractivity contribution is -0.274. The normalized spacial score (nSPS) is 26.2. The van der Waals surface area contributed by atoms with Crippen molar-refractivity contribution in [1.29, 1.82) is 0 Å². The van der Waals surface area contributed by atoms with E-state index in [0.29, 0.717) is 11.3 Å². The molecule has 2 aromatic rings. The summed E-state index contributed by atoms with van der Waals surface area (Å²) in [7, 11) is 0. The van der Waals surface area contributed by atoms with Gasteiger partial charge in [-0.05, 0) is 84.9 Å². The zero-order valence-corrected chi connectivity index (χ0v) is 18.9. The second kappa shape index (κ2) is 10.0. The van der Waals surface area contributed by atoms with Gasteiger partial charge in [0.2, 0.25) is 0 Å². The van der Waals surface area contributed by atoms with E-state index in [1.807, 2.05) is 6.07 Å². The SMILES string of the molecule is CCCCCCC1CCC2CC(c3cc(F)c4cc(OC(F)(F)F)ccc4c3)CCC2C1. The number of halogens is 4. The molecule has 4 atom stereocenters. The average Bonchev–Trinajstić information content (AvgIpc) is 2.75. The fourth-order valence-electron chi connectivity index (χ4n) is 6.16. The molecule has 2 fully saturated rings. The third kappa shape index (κ3) is 5.77. The van der Waals surface area contributed by atoms with Crippen LogP contribution >= 0.6 is 0 Å². The molecule has 0 spiro atoms. The Hall–Kier alpha value is -1.78. The van der Waals surface area contributed by atoms with Crippen LogP contribution in [0.5, 0.6) is 5.75 Å². The van der Waals surface area contributed by atoms with Gasteiger partial charge >= 0.3 is 6.36 Å². The third-order valence-corrected chi connectivity index (χ3v) is 7.79. The summed E-state index contributed by atoms with van der Waals surface area (Å²) in [5.74, 6) is 1.90. The Bertz CT molecular complexity index is 906. The maximum Gasteiger partial charge on any atom is 0.573 e. The largest absolute Gasteiger partial charge is 0.573 e. The fraction of sp³-hybridized carbons (Fsp3) is 0.630. The Morgan fingerprint density at radius 3 is 2.47 bits per heavy atom. The molecule has 1 nitrogen and oxygen atoms in total. The van der Waals surface area contributed by atoms with E-state index in [9.17, 15) is 17.6 Å². The maximum absolute atomic E-state index is 14.8. The Morgan fingerprint density at radius 1 is 0.906 bits per heavy atom. The molecule has 2 aromatic carbocycles. The van der Waals surface area contributed by atoms with Crippen LogP contribution < -0.4 is 4.74 Å². The lowest BCUT2D eigenvalue weighted by Gasteiger charge is -2.42. The highest BCUT2D eigenvalue weighted by Gasteiger charge is 2.36. The first kappa shape index (κ1) is 23.4. The van der Waals surface area contributed by atoms with Crippen LogP contribution in [0.2, 0.25) is 0 Å². The molecule has 0 heterocycles. The van der Waals surface area contributed by atoms with E-state index in [4.69, 9.17) is 0 Å². The Labute approximate surface area is 188 Å². The molecule has 0 saturated heterocycles. The van der Waals surface area contributed by atoms with Crippen molar-refractivity contribution in [3.05, 3.63) is 41.7 Å². The van der Waals surface area contributed by atoms with Gasteiger partial charge in [-0.1, -0.05) is 57.6 Å². The molecule has 32 heavy (non-hydrogen) atoms. The van der Waals surface area contributed by atoms with Gasteiger partial charge in [0, 0.05) is 5.39 Å². The minimum absolute atomic E-state index is 0.174. The van der Waals surface area contributed by atoms with Crippen molar-refractivity contribution in [1.82, 2.24) is 0 Å². The van der Waals surface area contributed by atoms with Gasteiger partial charge in [-0.15, -0.1) is 13.2 Å². The molecule has 4 rings (SSSR count). The minimum Gasteiger partial charge on any atom is -0.406 e. The highest BCUT2D eigenvalue weighted by atomic mass is 19.4. The molecule has 0 aromatic heterocycles. The van der Waals surface area contributed by atoms with Crippen molar-refractivity contribution >= 4 is 10.8 Å². The molecule has 5 heteroatoms. The van der Waals surface area contributed by atoms with E-state index in [0.717, 1.165) is 42.2 Å². The molecule has 2 aliphatic carbocycles. The Balaban J connectivity index is 1.40. The van der Waals surface area contributed by atoms with Crippen molar-refractivity contribution in [2.24, 2.45) is 17.8 Å². The summed E-state index contributed by atoms with van der Waals surface area (Å²) in [6, 6.07) is 7.42. The average molecular weight is 451 g/mol. The first-order chi connectivity index (χ1) is 15.3. The van der Waals surface area contributed by atoms with Crippen LogP contribution in [-0.2, 0) is 0 Å². The highest BCUT2D eigenvalue weighted by Crippen LogP contribution is 2.49. The summed E-state index contributed by atoms with van der Waals surface area (Å²) < 4.78 is 56.2. The van der Waals surface area contributed by atoms with Gasteiger partial charge in [-0.3, -0.25) is 0 Å². The van der Waals surface area contributed by atoms with E-state index in [-0.39, 0.29) is 11.1 Å². The van der Waals surface area contributed by atoms with E-state index in [2.05, 4.69) is 11.7 Å². The van der Waals surface area contributed by atoms with Crippen molar-refractivity contribution in [2.45, 2.75) is 89.8 Å². The van der Waals surface area contributed by atoms with Gasteiger partial charge in [0.1, 0.15) is 11.6 Å². The number of unbranched alkanes of at least 4 members (excludes halogenated alkanes) is 3. The Kier molecular flexibility index (Phi) is 7.31. The molecule has 0 N–H and O–H groups in total. The molecular formula is C27H34F4O. The van der Waals surface area contributed by atoms with Crippen LogP contribution in [0.25, 0.3) is 10.8 Å². The predicted octanol–water partition coefficient (Wildman–Crippen LogP) is 9.15. The van der Waals surface area contributed by atoms with Crippen LogP contribution in [0.3, 0.4) is 0 Å². The quantitative estimate of drug-likeness (QED) is 0.302.